The Balaban J connectivity index is 2.00. The lowest BCUT2D eigenvalue weighted by molar-refractivity contribution is -0.122. The lowest BCUT2D eigenvalue weighted by atomic mass is 9.85. The Labute approximate surface area is 122 Å². The molecule has 4 nitrogen and oxygen atoms in total. The lowest BCUT2D eigenvalue weighted by Gasteiger charge is -2.17. The number of imide groups is 1. The Hall–Kier alpha value is -1.81. The number of methoxy groups -OCH3 is 1. The van der Waals surface area contributed by atoms with Gasteiger partial charge in [-0.1, -0.05) is 29.8 Å². The highest BCUT2D eigenvalue weighted by Gasteiger charge is 2.49. The highest BCUT2D eigenvalue weighted by molar-refractivity contribution is 6.30. The van der Waals surface area contributed by atoms with Crippen LogP contribution < -0.4 is 9.64 Å². The average Bonchev–Trinajstić information content (AvgIpc) is 2.70. The van der Waals surface area contributed by atoms with Crippen molar-refractivity contribution in [2.75, 3.05) is 12.0 Å². The molecule has 1 heterocycles. The van der Waals surface area contributed by atoms with E-state index >= 15 is 0 Å². The molecule has 0 bridgehead atoms. The van der Waals surface area contributed by atoms with Gasteiger partial charge in [0.15, 0.2) is 0 Å². The number of fused-ring (bicyclic) bond motifs is 1. The number of anilines is 1. The molecule has 2 amide bonds. The smallest absolute Gasteiger partial charge is 0.238 e. The van der Waals surface area contributed by atoms with Crippen LogP contribution >= 0.6 is 11.6 Å². The number of benzene rings is 1. The van der Waals surface area contributed by atoms with Gasteiger partial charge in [0.05, 0.1) is 24.6 Å². The van der Waals surface area contributed by atoms with Gasteiger partial charge >= 0.3 is 0 Å². The predicted molar refractivity (Wildman–Crippen MR) is 75.6 cm³/mol. The van der Waals surface area contributed by atoms with Gasteiger partial charge in [-0.05, 0) is 25.0 Å². The summed E-state index contributed by atoms with van der Waals surface area (Å²) in [5.74, 6) is -0.465. The van der Waals surface area contributed by atoms with Gasteiger partial charge in [-0.25, -0.2) is 4.90 Å². The quantitative estimate of drug-likeness (QED) is 0.787. The SMILES string of the molecule is COc1ccccc1N1C(=O)[C@@H]2CC=C(Cl)C[C@H]2C1=O. The molecule has 0 aromatic heterocycles. The van der Waals surface area contributed by atoms with Gasteiger partial charge in [0, 0.05) is 5.03 Å². The van der Waals surface area contributed by atoms with E-state index in [0.29, 0.717) is 29.3 Å². The van der Waals surface area contributed by atoms with Crippen LogP contribution in [0.15, 0.2) is 35.4 Å². The van der Waals surface area contributed by atoms with Crippen molar-refractivity contribution in [1.29, 1.82) is 0 Å². The largest absolute Gasteiger partial charge is 0.495 e. The third kappa shape index (κ3) is 1.91. The Morgan fingerprint density at radius 3 is 2.65 bits per heavy atom. The standard InChI is InChI=1S/C15H14ClNO3/c1-20-13-5-3-2-4-12(13)17-14(18)10-7-6-9(16)8-11(10)15(17)19/h2-6,10-11H,7-8H2,1H3/t10-,11-/m1/s1. The molecule has 1 aromatic rings. The minimum Gasteiger partial charge on any atom is -0.495 e. The van der Waals surface area contributed by atoms with Gasteiger partial charge in [-0.2, -0.15) is 0 Å². The van der Waals surface area contributed by atoms with Crippen LogP contribution in [0.3, 0.4) is 0 Å². The van der Waals surface area contributed by atoms with Crippen LogP contribution in [0.1, 0.15) is 12.8 Å². The number of hydrogen-bond acceptors (Lipinski definition) is 3. The fourth-order valence-electron chi connectivity index (χ4n) is 2.88. The number of rotatable bonds is 2. The van der Waals surface area contributed by atoms with Crippen LogP contribution in [0, 0.1) is 11.8 Å². The first-order valence-electron chi connectivity index (χ1n) is 6.49. The normalized spacial score (nSPS) is 25.5. The zero-order chi connectivity index (χ0) is 14.3. The number of allylic oxidation sites excluding steroid dienone is 2. The molecule has 1 fully saturated rings. The summed E-state index contributed by atoms with van der Waals surface area (Å²) >= 11 is 6.00. The molecule has 0 unspecified atom stereocenters. The van der Waals surface area contributed by atoms with Crippen molar-refractivity contribution < 1.29 is 14.3 Å². The van der Waals surface area contributed by atoms with E-state index in [2.05, 4.69) is 0 Å². The molecule has 0 N–H and O–H groups in total. The molecule has 1 saturated heterocycles. The molecule has 104 valence electrons. The Morgan fingerprint density at radius 2 is 1.90 bits per heavy atom. The predicted octanol–water partition coefficient (Wildman–Crippen LogP) is 2.72. The van der Waals surface area contributed by atoms with Crippen LogP contribution in [-0.2, 0) is 9.59 Å². The molecule has 0 radical (unpaired) electrons. The van der Waals surface area contributed by atoms with Gasteiger partial charge in [-0.15, -0.1) is 0 Å². The summed E-state index contributed by atoms with van der Waals surface area (Å²) in [6.07, 6.45) is 2.81. The fourth-order valence-corrected chi connectivity index (χ4v) is 3.13. The molecule has 1 aliphatic carbocycles. The summed E-state index contributed by atoms with van der Waals surface area (Å²) in [6, 6.07) is 7.05. The maximum Gasteiger partial charge on any atom is 0.238 e. The molecule has 0 spiro atoms. The van der Waals surface area contributed by atoms with Crippen molar-refractivity contribution >= 4 is 29.1 Å². The second-order valence-electron chi connectivity index (χ2n) is 4.99. The molecule has 2 aliphatic rings. The third-order valence-electron chi connectivity index (χ3n) is 3.90. The number of carbonyl (C=O) groups excluding carboxylic acids is 2. The second-order valence-corrected chi connectivity index (χ2v) is 5.47. The van der Waals surface area contributed by atoms with Crippen LogP contribution in [0.25, 0.3) is 0 Å². The molecule has 0 saturated carbocycles. The third-order valence-corrected chi connectivity index (χ3v) is 4.20. The van der Waals surface area contributed by atoms with Crippen LogP contribution in [0.2, 0.25) is 0 Å². The Bertz CT molecular complexity index is 611. The maximum absolute atomic E-state index is 12.5. The topological polar surface area (TPSA) is 46.6 Å². The van der Waals surface area contributed by atoms with Crippen LogP contribution in [0.4, 0.5) is 5.69 Å². The minimum atomic E-state index is -0.343. The number of para-hydroxylation sites is 2. The number of halogens is 1. The Kier molecular flexibility index (Phi) is 3.26. The van der Waals surface area contributed by atoms with Crippen molar-refractivity contribution in [3.63, 3.8) is 0 Å². The second kappa shape index (κ2) is 4.94. The minimum absolute atomic E-state index is 0.162. The van der Waals surface area contributed by atoms with Crippen molar-refractivity contribution in [3.05, 3.63) is 35.4 Å². The molecule has 20 heavy (non-hydrogen) atoms. The van der Waals surface area contributed by atoms with Crippen molar-refractivity contribution in [1.82, 2.24) is 0 Å². The molecule has 5 heteroatoms. The van der Waals surface area contributed by atoms with Gasteiger partial charge < -0.3 is 4.74 Å². The van der Waals surface area contributed by atoms with E-state index in [-0.39, 0.29) is 23.7 Å². The van der Waals surface area contributed by atoms with Crippen molar-refractivity contribution in [2.45, 2.75) is 12.8 Å². The van der Waals surface area contributed by atoms with E-state index < -0.39 is 0 Å². The van der Waals surface area contributed by atoms with E-state index in [0.717, 1.165) is 0 Å². The fraction of sp³-hybridized carbons (Fsp3) is 0.333. The van der Waals surface area contributed by atoms with Gasteiger partial charge in [0.25, 0.3) is 0 Å². The maximum atomic E-state index is 12.5. The summed E-state index contributed by atoms with van der Waals surface area (Å²) in [5.41, 5.74) is 0.510. The molecular weight excluding hydrogens is 278 g/mol. The van der Waals surface area contributed by atoms with E-state index in [9.17, 15) is 9.59 Å². The summed E-state index contributed by atoms with van der Waals surface area (Å²) in [4.78, 5) is 26.3. The van der Waals surface area contributed by atoms with E-state index in [1.165, 1.54) is 12.0 Å². The zero-order valence-electron chi connectivity index (χ0n) is 11.0. The summed E-state index contributed by atoms with van der Waals surface area (Å²) < 4.78 is 5.24. The first-order valence-corrected chi connectivity index (χ1v) is 6.86. The highest BCUT2D eigenvalue weighted by atomic mass is 35.5. The molecule has 1 aliphatic heterocycles. The highest BCUT2D eigenvalue weighted by Crippen LogP contribution is 2.42. The van der Waals surface area contributed by atoms with Gasteiger partial charge in [0.1, 0.15) is 5.75 Å². The zero-order valence-corrected chi connectivity index (χ0v) is 11.8. The van der Waals surface area contributed by atoms with Gasteiger partial charge in [-0.3, -0.25) is 9.59 Å². The number of nitrogens with zero attached hydrogens (tertiary/aromatic N) is 1. The molecule has 1 aromatic carbocycles. The van der Waals surface area contributed by atoms with E-state index in [4.69, 9.17) is 16.3 Å². The first kappa shape index (κ1) is 13.2. The summed E-state index contributed by atoms with van der Waals surface area (Å²) in [5, 5.41) is 0.661. The molecule has 2 atom stereocenters. The molecule has 3 rings (SSSR count). The Morgan fingerprint density at radius 1 is 1.20 bits per heavy atom. The van der Waals surface area contributed by atoms with Crippen molar-refractivity contribution in [2.24, 2.45) is 11.8 Å². The average molecular weight is 292 g/mol. The van der Waals surface area contributed by atoms with Crippen molar-refractivity contribution in [3.8, 4) is 5.75 Å². The number of ether oxygens (including phenoxy) is 1. The van der Waals surface area contributed by atoms with Gasteiger partial charge in [0.2, 0.25) is 11.8 Å². The van der Waals surface area contributed by atoms with E-state index in [1.807, 2.05) is 6.08 Å². The van der Waals surface area contributed by atoms with Crippen LogP contribution in [-0.4, -0.2) is 18.9 Å². The van der Waals surface area contributed by atoms with Crippen LogP contribution in [0.5, 0.6) is 5.75 Å². The molecular formula is C15H14ClNO3. The number of hydrogen-bond donors (Lipinski definition) is 0. The lowest BCUT2D eigenvalue weighted by Crippen LogP contribution is -2.31. The van der Waals surface area contributed by atoms with E-state index in [1.54, 1.807) is 24.3 Å². The summed E-state index contributed by atoms with van der Waals surface area (Å²) in [6.45, 7) is 0. The number of amides is 2. The number of carbonyl (C=O) groups is 2. The monoisotopic (exact) mass is 291 g/mol. The summed E-state index contributed by atoms with van der Waals surface area (Å²) in [7, 11) is 1.52. The first-order chi connectivity index (χ1) is 9.63.